The molecule has 0 radical (unpaired) electrons. The molecule has 0 spiro atoms. The minimum absolute atomic E-state index is 0.107. The second kappa shape index (κ2) is 7.23. The van der Waals surface area contributed by atoms with Gasteiger partial charge in [0.1, 0.15) is 10.0 Å². The maximum absolute atomic E-state index is 11.6. The molecule has 1 saturated heterocycles. The lowest BCUT2D eigenvalue weighted by molar-refractivity contribution is 0.327. The van der Waals surface area contributed by atoms with E-state index in [9.17, 15) is 4.79 Å². The Morgan fingerprint density at radius 3 is 3.08 bits per heavy atom. The number of rotatable bonds is 5. The zero-order chi connectivity index (χ0) is 17.1. The maximum Gasteiger partial charge on any atom is 0.285 e. The molecule has 10 heteroatoms. The molecule has 2 N–H and O–H groups in total. The van der Waals surface area contributed by atoms with E-state index >= 15 is 0 Å². The van der Waals surface area contributed by atoms with E-state index in [1.54, 1.807) is 6.20 Å². The van der Waals surface area contributed by atoms with Crippen molar-refractivity contribution in [3.63, 3.8) is 0 Å². The average molecular weight is 371 g/mol. The van der Waals surface area contributed by atoms with Crippen LogP contribution in [0.5, 0.6) is 5.88 Å². The highest BCUT2D eigenvalue weighted by Gasteiger charge is 2.26. The van der Waals surface area contributed by atoms with Crippen molar-refractivity contribution in [3.05, 3.63) is 32.8 Å². The van der Waals surface area contributed by atoms with E-state index in [1.807, 2.05) is 11.8 Å². The number of hydrogen-bond acceptors (Lipinski definition) is 7. The van der Waals surface area contributed by atoms with E-state index in [4.69, 9.17) is 27.9 Å². The van der Waals surface area contributed by atoms with Crippen molar-refractivity contribution in [2.45, 2.75) is 19.4 Å². The monoisotopic (exact) mass is 370 g/mol. The molecule has 0 saturated carbocycles. The van der Waals surface area contributed by atoms with E-state index in [0.717, 1.165) is 13.0 Å². The van der Waals surface area contributed by atoms with Gasteiger partial charge in [0.2, 0.25) is 11.8 Å². The zero-order valence-electron chi connectivity index (χ0n) is 12.9. The van der Waals surface area contributed by atoms with Crippen LogP contribution in [-0.4, -0.2) is 45.9 Å². The van der Waals surface area contributed by atoms with Gasteiger partial charge in [-0.1, -0.05) is 23.2 Å². The van der Waals surface area contributed by atoms with Gasteiger partial charge in [-0.15, -0.1) is 0 Å². The number of nitrogens with one attached hydrogen (secondary N) is 2. The quantitative estimate of drug-likeness (QED) is 0.829. The Morgan fingerprint density at radius 2 is 2.29 bits per heavy atom. The van der Waals surface area contributed by atoms with Gasteiger partial charge in [-0.2, -0.15) is 10.1 Å². The third-order valence-corrected chi connectivity index (χ3v) is 4.26. The molecule has 0 aromatic carbocycles. The molecule has 1 aliphatic rings. The van der Waals surface area contributed by atoms with E-state index in [-0.39, 0.29) is 11.1 Å². The van der Waals surface area contributed by atoms with Gasteiger partial charge < -0.3 is 15.0 Å². The van der Waals surface area contributed by atoms with Crippen LogP contribution in [0, 0.1) is 0 Å². The van der Waals surface area contributed by atoms with E-state index in [2.05, 4.69) is 25.5 Å². The molecule has 0 bridgehead atoms. The van der Waals surface area contributed by atoms with Crippen LogP contribution in [-0.2, 0) is 0 Å². The van der Waals surface area contributed by atoms with Crippen molar-refractivity contribution >= 4 is 34.8 Å². The first kappa shape index (κ1) is 16.8. The lowest BCUT2D eigenvalue weighted by Crippen LogP contribution is -2.28. The largest absolute Gasteiger partial charge is 0.477 e. The minimum Gasteiger partial charge on any atom is -0.477 e. The van der Waals surface area contributed by atoms with Crippen LogP contribution in [0.2, 0.25) is 10.0 Å². The summed E-state index contributed by atoms with van der Waals surface area (Å²) < 4.78 is 5.36. The summed E-state index contributed by atoms with van der Waals surface area (Å²) >= 11 is 12.0. The first-order valence-electron chi connectivity index (χ1n) is 7.48. The standard InChI is InChI=1S/C14H16Cl2N6O2/c1-2-24-13-9(15)5-17-14(20-13)19-8-3-4-22(7-8)10-6-18-21-12(23)11(10)16/h5-6,8H,2-4,7H2,1H3,(H,21,23)(H,17,19,20). The lowest BCUT2D eigenvalue weighted by atomic mass is 10.3. The average Bonchev–Trinajstić information content (AvgIpc) is 3.02. The summed E-state index contributed by atoms with van der Waals surface area (Å²) in [7, 11) is 0. The second-order valence-corrected chi connectivity index (χ2v) is 6.04. The predicted molar refractivity (Wildman–Crippen MR) is 92.3 cm³/mol. The number of anilines is 2. The van der Waals surface area contributed by atoms with Gasteiger partial charge in [0.25, 0.3) is 5.56 Å². The van der Waals surface area contributed by atoms with Gasteiger partial charge in [0.15, 0.2) is 0 Å². The smallest absolute Gasteiger partial charge is 0.285 e. The Hall–Kier alpha value is -2.06. The molecule has 1 atom stereocenters. The SMILES string of the molecule is CCOc1nc(NC2CCN(c3cn[nH]c(=O)c3Cl)C2)ncc1Cl. The molecule has 1 unspecified atom stereocenters. The van der Waals surface area contributed by atoms with Gasteiger partial charge in [0.05, 0.1) is 24.7 Å². The number of aromatic amines is 1. The number of H-pyrrole nitrogens is 1. The molecule has 1 fully saturated rings. The summed E-state index contributed by atoms with van der Waals surface area (Å²) in [5.74, 6) is 0.804. The number of aromatic nitrogens is 4. The van der Waals surface area contributed by atoms with Gasteiger partial charge >= 0.3 is 0 Å². The first-order valence-corrected chi connectivity index (χ1v) is 8.24. The number of hydrogen-bond donors (Lipinski definition) is 2. The van der Waals surface area contributed by atoms with Crippen LogP contribution in [0.15, 0.2) is 17.2 Å². The molecule has 128 valence electrons. The van der Waals surface area contributed by atoms with Crippen molar-refractivity contribution in [3.8, 4) is 5.88 Å². The van der Waals surface area contributed by atoms with Crippen molar-refractivity contribution in [1.29, 1.82) is 0 Å². The van der Waals surface area contributed by atoms with Crippen molar-refractivity contribution in [2.75, 3.05) is 29.9 Å². The number of ether oxygens (including phenoxy) is 1. The summed E-state index contributed by atoms with van der Waals surface area (Å²) in [5, 5.41) is 9.88. The van der Waals surface area contributed by atoms with Gasteiger partial charge in [-0.05, 0) is 13.3 Å². The fourth-order valence-corrected chi connectivity index (χ4v) is 2.89. The zero-order valence-corrected chi connectivity index (χ0v) is 14.4. The molecular formula is C14H16Cl2N6O2. The Bertz CT molecular complexity index is 784. The van der Waals surface area contributed by atoms with Gasteiger partial charge in [-0.3, -0.25) is 4.79 Å². The molecule has 3 heterocycles. The third kappa shape index (κ3) is 3.54. The molecule has 1 aliphatic heterocycles. The molecule has 24 heavy (non-hydrogen) atoms. The summed E-state index contributed by atoms with van der Waals surface area (Å²) in [5.41, 5.74) is 0.227. The second-order valence-electron chi connectivity index (χ2n) is 5.25. The Balaban J connectivity index is 1.69. The van der Waals surface area contributed by atoms with E-state index < -0.39 is 5.56 Å². The normalized spacial score (nSPS) is 17.1. The summed E-state index contributed by atoms with van der Waals surface area (Å²) in [6, 6.07) is 0.107. The van der Waals surface area contributed by atoms with Crippen LogP contribution >= 0.6 is 23.2 Å². The van der Waals surface area contributed by atoms with Crippen LogP contribution < -0.4 is 20.5 Å². The number of nitrogens with zero attached hydrogens (tertiary/aromatic N) is 4. The molecule has 8 nitrogen and oxygen atoms in total. The summed E-state index contributed by atoms with van der Waals surface area (Å²) in [6.07, 6.45) is 3.91. The highest BCUT2D eigenvalue weighted by molar-refractivity contribution is 6.33. The van der Waals surface area contributed by atoms with Crippen molar-refractivity contribution < 1.29 is 4.74 Å². The van der Waals surface area contributed by atoms with Crippen molar-refractivity contribution in [2.24, 2.45) is 0 Å². The van der Waals surface area contributed by atoms with Crippen LogP contribution in [0.3, 0.4) is 0 Å². The van der Waals surface area contributed by atoms with Crippen LogP contribution in [0.25, 0.3) is 0 Å². The first-order chi connectivity index (χ1) is 11.6. The molecule has 0 amide bonds. The van der Waals surface area contributed by atoms with E-state index in [0.29, 0.717) is 35.7 Å². The molecule has 3 rings (SSSR count). The maximum atomic E-state index is 11.6. The van der Waals surface area contributed by atoms with Crippen LogP contribution in [0.4, 0.5) is 11.6 Å². The molecular weight excluding hydrogens is 355 g/mol. The van der Waals surface area contributed by atoms with Gasteiger partial charge in [0, 0.05) is 19.1 Å². The predicted octanol–water partition coefficient (Wildman–Crippen LogP) is 1.96. The highest BCUT2D eigenvalue weighted by atomic mass is 35.5. The summed E-state index contributed by atoms with van der Waals surface area (Å²) in [6.45, 7) is 3.73. The van der Waals surface area contributed by atoms with Crippen LogP contribution in [0.1, 0.15) is 13.3 Å². The van der Waals surface area contributed by atoms with Crippen molar-refractivity contribution in [1.82, 2.24) is 20.2 Å². The fourth-order valence-electron chi connectivity index (χ4n) is 2.53. The van der Waals surface area contributed by atoms with Gasteiger partial charge in [-0.25, -0.2) is 10.1 Å². The Morgan fingerprint density at radius 1 is 1.46 bits per heavy atom. The highest BCUT2D eigenvalue weighted by Crippen LogP contribution is 2.26. The summed E-state index contributed by atoms with van der Waals surface area (Å²) in [4.78, 5) is 22.0. The molecule has 2 aromatic rings. The lowest BCUT2D eigenvalue weighted by Gasteiger charge is -2.19. The molecule has 2 aromatic heterocycles. The number of halogens is 2. The molecule has 0 aliphatic carbocycles. The third-order valence-electron chi connectivity index (χ3n) is 3.63. The minimum atomic E-state index is -0.395. The topological polar surface area (TPSA) is 96.0 Å². The Labute approximate surface area is 148 Å². The van der Waals surface area contributed by atoms with E-state index in [1.165, 1.54) is 6.20 Å². The fraction of sp³-hybridized carbons (Fsp3) is 0.429. The Kier molecular flexibility index (Phi) is 5.06.